The van der Waals surface area contributed by atoms with Gasteiger partial charge < -0.3 is 5.32 Å². The molecule has 2 rings (SSSR count). The summed E-state index contributed by atoms with van der Waals surface area (Å²) < 4.78 is -2.07. The predicted molar refractivity (Wildman–Crippen MR) is 58.8 cm³/mol. The Morgan fingerprint density at radius 1 is 1.20 bits per heavy atom. The van der Waals surface area contributed by atoms with Crippen molar-refractivity contribution in [1.29, 1.82) is 0 Å². The van der Waals surface area contributed by atoms with Gasteiger partial charge in [-0.1, -0.05) is 34.8 Å². The third-order valence-corrected chi connectivity index (χ3v) is 2.97. The van der Waals surface area contributed by atoms with Crippen LogP contribution < -0.4 is 5.32 Å². The van der Waals surface area contributed by atoms with Gasteiger partial charge in [-0.2, -0.15) is 0 Å². The third kappa shape index (κ3) is 1.61. The molecule has 1 aliphatic rings. The van der Waals surface area contributed by atoms with Gasteiger partial charge in [-0.25, -0.2) is 0 Å². The number of carbonyl (C=O) groups excluding carboxylic acids is 2. The van der Waals surface area contributed by atoms with Crippen molar-refractivity contribution < 1.29 is 9.59 Å². The number of hydrogen-bond donors (Lipinski definition) is 1. The van der Waals surface area contributed by atoms with Crippen molar-refractivity contribution in [2.24, 2.45) is 0 Å². The predicted octanol–water partition coefficient (Wildman–Crippen LogP) is 2.65. The molecule has 1 amide bonds. The fraction of sp³-hybridized carbons (Fsp3) is 0.111. The first kappa shape index (κ1) is 10.7. The highest BCUT2D eigenvalue weighted by atomic mass is 35.5. The molecule has 1 N–H and O–H groups in total. The zero-order chi connectivity index (χ0) is 11.2. The molecule has 0 saturated carbocycles. The van der Waals surface area contributed by atoms with E-state index in [0.717, 1.165) is 0 Å². The summed E-state index contributed by atoms with van der Waals surface area (Å²) >= 11 is 16.9. The number of rotatable bonds is 0. The second kappa shape index (κ2) is 3.37. The first-order valence-electron chi connectivity index (χ1n) is 3.96. The Hall–Kier alpha value is -0.770. The lowest BCUT2D eigenvalue weighted by Crippen LogP contribution is -2.44. The lowest BCUT2D eigenvalue weighted by molar-refractivity contribution is -0.116. The summed E-state index contributed by atoms with van der Waals surface area (Å²) in [6.45, 7) is 0. The van der Waals surface area contributed by atoms with Crippen LogP contribution >= 0.6 is 34.8 Å². The minimum atomic E-state index is -2.07. The molecule has 1 heterocycles. The summed E-state index contributed by atoms with van der Waals surface area (Å²) in [6, 6.07) is 4.50. The maximum Gasteiger partial charge on any atom is 0.269 e. The van der Waals surface area contributed by atoms with Crippen LogP contribution in [-0.4, -0.2) is 16.0 Å². The van der Waals surface area contributed by atoms with E-state index < -0.39 is 16.0 Å². The molecule has 78 valence electrons. The molecule has 0 bridgehead atoms. The zero-order valence-corrected chi connectivity index (χ0v) is 9.45. The number of halogens is 3. The standard InChI is InChI=1S/C9H4Cl3NO2/c10-4-1-2-6-5(3-4)7(14)9(11,12)8(15)13-6/h1-3H,(H,13,15). The highest BCUT2D eigenvalue weighted by Crippen LogP contribution is 2.36. The number of benzene rings is 1. The second-order valence-electron chi connectivity index (χ2n) is 3.05. The van der Waals surface area contributed by atoms with Gasteiger partial charge in [0.15, 0.2) is 0 Å². The third-order valence-electron chi connectivity index (χ3n) is 2.04. The summed E-state index contributed by atoms with van der Waals surface area (Å²) in [5.74, 6) is -1.40. The van der Waals surface area contributed by atoms with Crippen LogP contribution in [0.25, 0.3) is 0 Å². The van der Waals surface area contributed by atoms with Crippen molar-refractivity contribution in [3.05, 3.63) is 28.8 Å². The number of amides is 1. The summed E-state index contributed by atoms with van der Waals surface area (Å²) in [7, 11) is 0. The monoisotopic (exact) mass is 263 g/mol. The van der Waals surface area contributed by atoms with Crippen LogP contribution in [0.4, 0.5) is 5.69 Å². The van der Waals surface area contributed by atoms with Crippen LogP contribution in [0.3, 0.4) is 0 Å². The number of nitrogens with one attached hydrogen (secondary N) is 1. The van der Waals surface area contributed by atoms with Crippen molar-refractivity contribution in [1.82, 2.24) is 0 Å². The van der Waals surface area contributed by atoms with Crippen LogP contribution in [-0.2, 0) is 4.79 Å². The molecule has 0 saturated heterocycles. The van der Waals surface area contributed by atoms with Crippen molar-refractivity contribution in [2.75, 3.05) is 5.32 Å². The summed E-state index contributed by atoms with van der Waals surface area (Å²) in [6.07, 6.45) is 0. The Kier molecular flexibility index (Phi) is 2.41. The van der Waals surface area contributed by atoms with Crippen molar-refractivity contribution in [3.8, 4) is 0 Å². The number of carbonyl (C=O) groups is 2. The molecule has 0 aliphatic carbocycles. The normalized spacial score (nSPS) is 18.3. The first-order chi connectivity index (χ1) is 6.93. The van der Waals surface area contributed by atoms with E-state index in [0.29, 0.717) is 10.7 Å². The average molecular weight is 264 g/mol. The van der Waals surface area contributed by atoms with Gasteiger partial charge in [0, 0.05) is 10.6 Å². The lowest BCUT2D eigenvalue weighted by atomic mass is 10.0. The molecule has 3 nitrogen and oxygen atoms in total. The Balaban J connectivity index is 2.62. The molecule has 1 aromatic rings. The maximum absolute atomic E-state index is 11.7. The quantitative estimate of drug-likeness (QED) is 0.578. The van der Waals surface area contributed by atoms with Gasteiger partial charge in [0.1, 0.15) is 0 Å². The highest BCUT2D eigenvalue weighted by Gasteiger charge is 2.47. The Bertz CT molecular complexity index is 470. The molecule has 0 spiro atoms. The maximum atomic E-state index is 11.7. The number of alkyl halides is 2. The van der Waals surface area contributed by atoms with E-state index in [9.17, 15) is 9.59 Å². The van der Waals surface area contributed by atoms with Gasteiger partial charge in [0.2, 0.25) is 5.78 Å². The second-order valence-corrected chi connectivity index (χ2v) is 4.81. The first-order valence-corrected chi connectivity index (χ1v) is 5.10. The minimum Gasteiger partial charge on any atom is -0.322 e. The summed E-state index contributed by atoms with van der Waals surface area (Å²) in [5, 5.41) is 2.80. The average Bonchev–Trinajstić information content (AvgIpc) is 2.17. The van der Waals surface area contributed by atoms with E-state index in [1.165, 1.54) is 12.1 Å². The lowest BCUT2D eigenvalue weighted by Gasteiger charge is -2.25. The number of ketones is 1. The molecular formula is C9H4Cl3NO2. The van der Waals surface area contributed by atoms with Gasteiger partial charge in [-0.15, -0.1) is 0 Å². The number of fused-ring (bicyclic) bond motifs is 1. The Morgan fingerprint density at radius 2 is 1.87 bits per heavy atom. The SMILES string of the molecule is O=C1Nc2ccc(Cl)cc2C(=O)C1(Cl)Cl. The smallest absolute Gasteiger partial charge is 0.269 e. The van der Waals surface area contributed by atoms with E-state index in [1.807, 2.05) is 0 Å². The van der Waals surface area contributed by atoms with Crippen LogP contribution in [0, 0.1) is 0 Å². The van der Waals surface area contributed by atoms with E-state index in [4.69, 9.17) is 34.8 Å². The van der Waals surface area contributed by atoms with E-state index >= 15 is 0 Å². The van der Waals surface area contributed by atoms with E-state index in [1.54, 1.807) is 6.07 Å². The summed E-state index contributed by atoms with van der Waals surface area (Å²) in [4.78, 5) is 23.1. The van der Waals surface area contributed by atoms with Gasteiger partial charge in [-0.3, -0.25) is 9.59 Å². The van der Waals surface area contributed by atoms with Gasteiger partial charge in [0.05, 0.1) is 5.69 Å². The zero-order valence-electron chi connectivity index (χ0n) is 7.18. The Morgan fingerprint density at radius 3 is 2.53 bits per heavy atom. The Labute approximate surface area is 100 Å². The molecule has 0 fully saturated rings. The van der Waals surface area contributed by atoms with Crippen LogP contribution in [0.1, 0.15) is 10.4 Å². The molecule has 0 atom stereocenters. The number of Topliss-reactive ketones (excluding diaryl/α,β-unsaturated/α-hetero) is 1. The largest absolute Gasteiger partial charge is 0.322 e. The minimum absolute atomic E-state index is 0.215. The van der Waals surface area contributed by atoms with Crippen LogP contribution in [0.15, 0.2) is 18.2 Å². The molecule has 1 aliphatic heterocycles. The molecule has 6 heteroatoms. The van der Waals surface area contributed by atoms with Crippen molar-refractivity contribution in [2.45, 2.75) is 4.33 Å². The molecule has 1 aromatic carbocycles. The molecular weight excluding hydrogens is 260 g/mol. The van der Waals surface area contributed by atoms with Crippen molar-refractivity contribution >= 4 is 52.2 Å². The fourth-order valence-electron chi connectivity index (χ4n) is 1.29. The number of hydrogen-bond acceptors (Lipinski definition) is 2. The van der Waals surface area contributed by atoms with E-state index in [2.05, 4.69) is 5.32 Å². The van der Waals surface area contributed by atoms with E-state index in [-0.39, 0.29) is 5.56 Å². The fourth-order valence-corrected chi connectivity index (χ4v) is 1.76. The van der Waals surface area contributed by atoms with Gasteiger partial charge in [0.25, 0.3) is 10.2 Å². The summed E-state index contributed by atoms with van der Waals surface area (Å²) in [5.41, 5.74) is 0.582. The number of anilines is 1. The molecule has 0 aromatic heterocycles. The molecule has 0 radical (unpaired) electrons. The van der Waals surface area contributed by atoms with Crippen LogP contribution in [0.5, 0.6) is 0 Å². The van der Waals surface area contributed by atoms with Gasteiger partial charge >= 0.3 is 0 Å². The van der Waals surface area contributed by atoms with Gasteiger partial charge in [-0.05, 0) is 18.2 Å². The topological polar surface area (TPSA) is 46.2 Å². The van der Waals surface area contributed by atoms with Crippen molar-refractivity contribution in [3.63, 3.8) is 0 Å². The molecule has 15 heavy (non-hydrogen) atoms. The molecule has 0 unspecified atom stereocenters. The highest BCUT2D eigenvalue weighted by molar-refractivity contribution is 6.71. The van der Waals surface area contributed by atoms with Crippen LogP contribution in [0.2, 0.25) is 5.02 Å².